The molecule has 1 aromatic heterocycles. The zero-order valence-electron chi connectivity index (χ0n) is 13.4. The Bertz CT molecular complexity index is 507. The topological polar surface area (TPSA) is 63.2 Å². The maximum Gasteiger partial charge on any atom is 0.408 e. The summed E-state index contributed by atoms with van der Waals surface area (Å²) < 4.78 is 6.32. The van der Waals surface area contributed by atoms with Crippen molar-refractivity contribution in [3.05, 3.63) is 28.5 Å². The summed E-state index contributed by atoms with van der Waals surface area (Å²) in [5.41, 5.74) is 0.330. The second kappa shape index (κ2) is 6.96. The molecular formula is C16H24BrN3O2. The SMILES string of the molecule is CC(C)(C)OC(=O)NC1(CNCc2ccc(Br)cn2)CCC1. The fourth-order valence-electron chi connectivity index (χ4n) is 2.41. The minimum Gasteiger partial charge on any atom is -0.444 e. The fraction of sp³-hybridized carbons (Fsp3) is 0.625. The van der Waals surface area contributed by atoms with E-state index in [4.69, 9.17) is 4.74 Å². The quantitative estimate of drug-likeness (QED) is 0.834. The number of nitrogens with one attached hydrogen (secondary N) is 2. The number of ether oxygens (including phenoxy) is 1. The van der Waals surface area contributed by atoms with E-state index in [0.717, 1.165) is 36.0 Å². The van der Waals surface area contributed by atoms with Gasteiger partial charge in [0, 0.05) is 23.8 Å². The van der Waals surface area contributed by atoms with E-state index >= 15 is 0 Å². The molecule has 1 heterocycles. The molecule has 0 bridgehead atoms. The molecular weight excluding hydrogens is 346 g/mol. The highest BCUT2D eigenvalue weighted by Gasteiger charge is 2.39. The lowest BCUT2D eigenvalue weighted by Gasteiger charge is -2.42. The average molecular weight is 370 g/mol. The van der Waals surface area contributed by atoms with Crippen molar-refractivity contribution in [1.82, 2.24) is 15.6 Å². The van der Waals surface area contributed by atoms with Crippen molar-refractivity contribution in [1.29, 1.82) is 0 Å². The number of halogens is 1. The Morgan fingerprint density at radius 2 is 2.14 bits per heavy atom. The van der Waals surface area contributed by atoms with Crippen molar-refractivity contribution in [3.8, 4) is 0 Å². The Morgan fingerprint density at radius 3 is 2.64 bits per heavy atom. The maximum absolute atomic E-state index is 12.0. The summed E-state index contributed by atoms with van der Waals surface area (Å²) in [6.07, 6.45) is 4.54. The Kier molecular flexibility index (Phi) is 5.45. The average Bonchev–Trinajstić information content (AvgIpc) is 2.36. The molecule has 1 fully saturated rings. The molecule has 0 radical (unpaired) electrons. The van der Waals surface area contributed by atoms with Crippen molar-refractivity contribution in [3.63, 3.8) is 0 Å². The van der Waals surface area contributed by atoms with Crippen molar-refractivity contribution in [2.24, 2.45) is 0 Å². The third-order valence-corrected chi connectivity index (χ3v) is 4.10. The van der Waals surface area contributed by atoms with Gasteiger partial charge in [0.05, 0.1) is 11.2 Å². The molecule has 2 rings (SSSR count). The van der Waals surface area contributed by atoms with Gasteiger partial charge in [0.15, 0.2) is 0 Å². The van der Waals surface area contributed by atoms with Crippen LogP contribution in [0.1, 0.15) is 45.7 Å². The Morgan fingerprint density at radius 1 is 1.41 bits per heavy atom. The van der Waals surface area contributed by atoms with Gasteiger partial charge in [-0.2, -0.15) is 0 Å². The van der Waals surface area contributed by atoms with Crippen LogP contribution in [0, 0.1) is 0 Å². The standard InChI is InChI=1S/C16H24BrN3O2/c1-15(2,3)22-14(21)20-16(7-4-8-16)11-18-10-13-6-5-12(17)9-19-13/h5-6,9,18H,4,7-8,10-11H2,1-3H3,(H,20,21). The number of alkyl carbamates (subject to hydrolysis) is 1. The summed E-state index contributed by atoms with van der Waals surface area (Å²) in [4.78, 5) is 16.3. The first-order valence-electron chi connectivity index (χ1n) is 7.60. The molecule has 0 aromatic carbocycles. The van der Waals surface area contributed by atoms with E-state index in [1.807, 2.05) is 32.9 Å². The lowest BCUT2D eigenvalue weighted by molar-refractivity contribution is 0.0382. The summed E-state index contributed by atoms with van der Waals surface area (Å²) in [6, 6.07) is 3.95. The summed E-state index contributed by atoms with van der Waals surface area (Å²) in [5, 5.41) is 6.41. The smallest absolute Gasteiger partial charge is 0.408 e. The van der Waals surface area contributed by atoms with Gasteiger partial charge in [-0.05, 0) is 68.1 Å². The molecule has 6 heteroatoms. The van der Waals surface area contributed by atoms with Crippen LogP contribution in [0.3, 0.4) is 0 Å². The van der Waals surface area contributed by atoms with Gasteiger partial charge >= 0.3 is 6.09 Å². The lowest BCUT2D eigenvalue weighted by atomic mass is 9.76. The van der Waals surface area contributed by atoms with Crippen LogP contribution in [0.25, 0.3) is 0 Å². The van der Waals surface area contributed by atoms with E-state index in [1.54, 1.807) is 6.20 Å². The van der Waals surface area contributed by atoms with Crippen LogP contribution in [0.15, 0.2) is 22.8 Å². The van der Waals surface area contributed by atoms with Gasteiger partial charge in [0.1, 0.15) is 5.60 Å². The number of carbonyl (C=O) groups is 1. The molecule has 0 spiro atoms. The molecule has 1 saturated carbocycles. The van der Waals surface area contributed by atoms with Gasteiger partial charge in [-0.3, -0.25) is 4.98 Å². The number of carbonyl (C=O) groups excluding carboxylic acids is 1. The fourth-order valence-corrected chi connectivity index (χ4v) is 2.65. The minimum atomic E-state index is -0.468. The van der Waals surface area contributed by atoms with Crippen LogP contribution in [0.2, 0.25) is 0 Å². The molecule has 122 valence electrons. The minimum absolute atomic E-state index is 0.183. The summed E-state index contributed by atoms with van der Waals surface area (Å²) in [5.74, 6) is 0. The predicted molar refractivity (Wildman–Crippen MR) is 89.6 cm³/mol. The largest absolute Gasteiger partial charge is 0.444 e. The number of hydrogen-bond donors (Lipinski definition) is 2. The van der Waals surface area contributed by atoms with Gasteiger partial charge in [-0.1, -0.05) is 0 Å². The van der Waals surface area contributed by atoms with E-state index in [2.05, 4.69) is 31.5 Å². The third kappa shape index (κ3) is 5.25. The van der Waals surface area contributed by atoms with Gasteiger partial charge in [0.2, 0.25) is 0 Å². The summed E-state index contributed by atoms with van der Waals surface area (Å²) in [7, 11) is 0. The van der Waals surface area contributed by atoms with Gasteiger partial charge in [-0.25, -0.2) is 4.79 Å². The number of nitrogens with zero attached hydrogens (tertiary/aromatic N) is 1. The second-order valence-electron chi connectivity index (χ2n) is 6.83. The summed E-state index contributed by atoms with van der Waals surface area (Å²) in [6.45, 7) is 7.03. The normalized spacial score (nSPS) is 16.7. The molecule has 0 atom stereocenters. The van der Waals surface area contributed by atoms with Crippen molar-refractivity contribution < 1.29 is 9.53 Å². The molecule has 1 aromatic rings. The van der Waals surface area contributed by atoms with E-state index in [0.29, 0.717) is 6.54 Å². The third-order valence-electron chi connectivity index (χ3n) is 3.63. The number of pyridine rings is 1. The molecule has 0 unspecified atom stereocenters. The van der Waals surface area contributed by atoms with E-state index < -0.39 is 5.60 Å². The van der Waals surface area contributed by atoms with Crippen LogP contribution in [-0.4, -0.2) is 28.8 Å². The monoisotopic (exact) mass is 369 g/mol. The zero-order valence-corrected chi connectivity index (χ0v) is 15.0. The number of rotatable bonds is 5. The summed E-state index contributed by atoms with van der Waals surface area (Å²) >= 11 is 3.37. The van der Waals surface area contributed by atoms with E-state index in [-0.39, 0.29) is 11.6 Å². The van der Waals surface area contributed by atoms with E-state index in [1.165, 1.54) is 0 Å². The number of amides is 1. The van der Waals surface area contributed by atoms with Crippen molar-refractivity contribution in [2.75, 3.05) is 6.54 Å². The molecule has 2 N–H and O–H groups in total. The second-order valence-corrected chi connectivity index (χ2v) is 7.75. The Labute approximate surface area is 140 Å². The van der Waals surface area contributed by atoms with Crippen LogP contribution in [0.4, 0.5) is 4.79 Å². The first-order chi connectivity index (χ1) is 10.3. The van der Waals surface area contributed by atoms with Crippen LogP contribution >= 0.6 is 15.9 Å². The maximum atomic E-state index is 12.0. The highest BCUT2D eigenvalue weighted by Crippen LogP contribution is 2.31. The van der Waals surface area contributed by atoms with Crippen molar-refractivity contribution >= 4 is 22.0 Å². The van der Waals surface area contributed by atoms with E-state index in [9.17, 15) is 4.79 Å². The van der Waals surface area contributed by atoms with Crippen LogP contribution in [-0.2, 0) is 11.3 Å². The number of hydrogen-bond acceptors (Lipinski definition) is 4. The molecule has 5 nitrogen and oxygen atoms in total. The lowest BCUT2D eigenvalue weighted by Crippen LogP contribution is -2.59. The molecule has 0 aliphatic heterocycles. The van der Waals surface area contributed by atoms with Gasteiger partial charge in [0.25, 0.3) is 0 Å². The molecule has 1 aliphatic carbocycles. The van der Waals surface area contributed by atoms with Gasteiger partial charge < -0.3 is 15.4 Å². The molecule has 1 aliphatic rings. The van der Waals surface area contributed by atoms with Crippen LogP contribution in [0.5, 0.6) is 0 Å². The molecule has 0 saturated heterocycles. The number of aromatic nitrogens is 1. The first-order valence-corrected chi connectivity index (χ1v) is 8.40. The first kappa shape index (κ1) is 17.2. The van der Waals surface area contributed by atoms with Crippen LogP contribution < -0.4 is 10.6 Å². The molecule has 22 heavy (non-hydrogen) atoms. The van der Waals surface area contributed by atoms with Crippen molar-refractivity contribution in [2.45, 2.75) is 57.7 Å². The Hall–Kier alpha value is -1.14. The molecule has 1 amide bonds. The van der Waals surface area contributed by atoms with Gasteiger partial charge in [-0.15, -0.1) is 0 Å². The highest BCUT2D eigenvalue weighted by molar-refractivity contribution is 9.10. The zero-order chi connectivity index (χ0) is 16.2. The Balaban J connectivity index is 1.81. The highest BCUT2D eigenvalue weighted by atomic mass is 79.9. The predicted octanol–water partition coefficient (Wildman–Crippen LogP) is 3.38.